The fourth-order valence-corrected chi connectivity index (χ4v) is 7.08. The Morgan fingerprint density at radius 2 is 1.12 bits per heavy atom. The number of benzene rings is 2. The summed E-state index contributed by atoms with van der Waals surface area (Å²) in [6, 6.07) is 14.4. The van der Waals surface area contributed by atoms with E-state index in [2.05, 4.69) is 20.7 Å². The maximum Gasteiger partial charge on any atom is 0.328 e. The molecule has 0 aliphatic heterocycles. The molecule has 2 atom stereocenters. The van der Waals surface area contributed by atoms with Gasteiger partial charge in [-0.15, -0.1) is 0 Å². The van der Waals surface area contributed by atoms with E-state index in [1.807, 2.05) is 62.4 Å². The highest BCUT2D eigenvalue weighted by Crippen LogP contribution is 2.42. The maximum absolute atomic E-state index is 13.0. The van der Waals surface area contributed by atoms with E-state index >= 15 is 0 Å². The molecule has 0 spiro atoms. The van der Waals surface area contributed by atoms with Crippen LogP contribution in [0.15, 0.2) is 53.6 Å². The quantitative estimate of drug-likeness (QED) is 0.0945. The molecular formula is C38H54N6O6. The molecule has 12 nitrogen and oxygen atoms in total. The fourth-order valence-electron chi connectivity index (χ4n) is 7.08. The Balaban J connectivity index is 0.000000271. The zero-order valence-electron chi connectivity index (χ0n) is 30.0. The number of rotatable bonds is 15. The first-order valence-electron chi connectivity index (χ1n) is 17.6. The first-order valence-corrected chi connectivity index (χ1v) is 17.6. The van der Waals surface area contributed by atoms with Crippen LogP contribution in [-0.2, 0) is 41.5 Å². The highest BCUT2D eigenvalue weighted by atomic mass is 16.5. The number of nitrogens with two attached hydrogens (primary N) is 1. The molecule has 0 heterocycles. The number of carbonyl (C=O) groups is 4. The Morgan fingerprint density at radius 3 is 1.46 bits per heavy atom. The molecule has 2 aromatic rings. The van der Waals surface area contributed by atoms with Crippen molar-refractivity contribution in [2.75, 3.05) is 27.3 Å². The molecule has 2 amide bonds. The van der Waals surface area contributed by atoms with Crippen LogP contribution >= 0.6 is 0 Å². The topological polar surface area (TPSA) is 186 Å². The first kappa shape index (κ1) is 40.0. The fraction of sp³-hybridized carbons (Fsp3) is 0.579. The molecule has 12 heteroatoms. The third kappa shape index (κ3) is 11.3. The summed E-state index contributed by atoms with van der Waals surface area (Å²) in [4.78, 5) is 52.9. The Hall–Kier alpha value is -4.41. The molecule has 2 unspecified atom stereocenters. The second-order valence-electron chi connectivity index (χ2n) is 13.7. The van der Waals surface area contributed by atoms with Crippen molar-refractivity contribution in [1.29, 1.82) is 0 Å². The van der Waals surface area contributed by atoms with Gasteiger partial charge in [0, 0.05) is 29.7 Å². The van der Waals surface area contributed by atoms with E-state index in [0.29, 0.717) is 32.2 Å². The first-order chi connectivity index (χ1) is 24.0. The van der Waals surface area contributed by atoms with Crippen LogP contribution in [0.1, 0.15) is 86.5 Å². The summed E-state index contributed by atoms with van der Waals surface area (Å²) in [5.41, 5.74) is 17.5. The van der Waals surface area contributed by atoms with Crippen LogP contribution < -0.4 is 16.4 Å². The van der Waals surface area contributed by atoms with Crippen molar-refractivity contribution in [2.45, 2.75) is 103 Å². The average Bonchev–Trinajstić information content (AvgIpc) is 3.81. The lowest BCUT2D eigenvalue weighted by Gasteiger charge is -2.29. The van der Waals surface area contributed by atoms with Crippen LogP contribution in [0.25, 0.3) is 10.4 Å². The molecule has 2 aliphatic carbocycles. The van der Waals surface area contributed by atoms with Gasteiger partial charge in [0.25, 0.3) is 0 Å². The van der Waals surface area contributed by atoms with Crippen LogP contribution in [0.4, 0.5) is 0 Å². The molecule has 50 heavy (non-hydrogen) atoms. The Morgan fingerprint density at radius 1 is 0.740 bits per heavy atom. The van der Waals surface area contributed by atoms with Gasteiger partial charge in [-0.05, 0) is 75.6 Å². The van der Waals surface area contributed by atoms with Crippen molar-refractivity contribution in [1.82, 2.24) is 10.6 Å². The summed E-state index contributed by atoms with van der Waals surface area (Å²) >= 11 is 0. The van der Waals surface area contributed by atoms with Gasteiger partial charge in [0.05, 0.1) is 19.6 Å². The molecule has 4 rings (SSSR count). The third-order valence-corrected chi connectivity index (χ3v) is 10.2. The van der Waals surface area contributed by atoms with E-state index in [1.165, 1.54) is 14.2 Å². The summed E-state index contributed by atoms with van der Waals surface area (Å²) in [5.74, 6) is -1.08. The van der Waals surface area contributed by atoms with Crippen molar-refractivity contribution >= 4 is 23.8 Å². The van der Waals surface area contributed by atoms with E-state index in [-0.39, 0.29) is 18.4 Å². The molecule has 272 valence electrons. The number of ether oxygens (including phenoxy) is 2. The highest BCUT2D eigenvalue weighted by molar-refractivity contribution is 5.89. The predicted octanol–water partition coefficient (Wildman–Crippen LogP) is 5.56. The van der Waals surface area contributed by atoms with Gasteiger partial charge >= 0.3 is 11.9 Å². The summed E-state index contributed by atoms with van der Waals surface area (Å²) in [6.07, 6.45) is 9.15. The summed E-state index contributed by atoms with van der Waals surface area (Å²) < 4.78 is 9.77. The molecule has 0 aromatic heterocycles. The van der Waals surface area contributed by atoms with E-state index < -0.39 is 34.9 Å². The van der Waals surface area contributed by atoms with Gasteiger partial charge in [0.1, 0.15) is 12.1 Å². The lowest BCUT2D eigenvalue weighted by atomic mass is 9.81. The zero-order valence-corrected chi connectivity index (χ0v) is 30.0. The van der Waals surface area contributed by atoms with Crippen molar-refractivity contribution in [3.05, 3.63) is 81.2 Å². The molecule has 0 radical (unpaired) electrons. The number of aryl methyl sites for hydroxylation is 2. The van der Waals surface area contributed by atoms with Gasteiger partial charge in [-0.2, -0.15) is 0 Å². The van der Waals surface area contributed by atoms with Crippen molar-refractivity contribution in [2.24, 2.45) is 21.7 Å². The van der Waals surface area contributed by atoms with Crippen LogP contribution in [0.5, 0.6) is 0 Å². The van der Waals surface area contributed by atoms with Crippen LogP contribution in [-0.4, -0.2) is 63.1 Å². The highest BCUT2D eigenvalue weighted by Gasteiger charge is 2.43. The molecule has 2 aliphatic rings. The number of hydrogen-bond acceptors (Lipinski definition) is 8. The van der Waals surface area contributed by atoms with E-state index in [9.17, 15) is 19.2 Å². The zero-order chi connectivity index (χ0) is 36.6. The summed E-state index contributed by atoms with van der Waals surface area (Å²) in [5, 5.41) is 9.40. The van der Waals surface area contributed by atoms with Gasteiger partial charge < -0.3 is 25.8 Å². The predicted molar refractivity (Wildman–Crippen MR) is 192 cm³/mol. The maximum atomic E-state index is 13.0. The van der Waals surface area contributed by atoms with Crippen molar-refractivity contribution in [3.8, 4) is 0 Å². The number of esters is 2. The number of carbonyl (C=O) groups excluding carboxylic acids is 4. The lowest BCUT2D eigenvalue weighted by molar-refractivity contribution is -0.147. The smallest absolute Gasteiger partial charge is 0.328 e. The second kappa shape index (κ2) is 19.7. The van der Waals surface area contributed by atoms with Gasteiger partial charge in [0.15, 0.2) is 0 Å². The molecule has 2 saturated carbocycles. The minimum absolute atomic E-state index is 0.0621. The summed E-state index contributed by atoms with van der Waals surface area (Å²) in [6.45, 7) is 4.77. The lowest BCUT2D eigenvalue weighted by Crippen LogP contribution is -2.49. The van der Waals surface area contributed by atoms with E-state index in [0.717, 1.165) is 73.6 Å². The number of methoxy groups -OCH3 is 2. The van der Waals surface area contributed by atoms with E-state index in [1.54, 1.807) is 0 Å². The molecule has 2 aromatic carbocycles. The van der Waals surface area contributed by atoms with Gasteiger partial charge in [-0.25, -0.2) is 9.59 Å². The van der Waals surface area contributed by atoms with Crippen molar-refractivity contribution in [3.63, 3.8) is 0 Å². The van der Waals surface area contributed by atoms with Crippen LogP contribution in [0.2, 0.25) is 0 Å². The standard InChI is InChI=1S/C19H26N4O3.C19H28N2O3/c1-14-5-7-15(8-6-14)13-16(17(24)26-2)22-18(25)19(9-3-4-10-19)11-12-21-23-20;1-14-5-7-15(8-6-14)13-16(17(22)24-2)21-18(23)19(11-12-20)9-3-4-10-19/h5-8,16H,3-4,9-13H2,1-2H3,(H,22,25);5-8,16H,3-4,9-13,20H2,1-2H3,(H,21,23). The molecule has 0 bridgehead atoms. The minimum atomic E-state index is -0.729. The molecule has 2 fully saturated rings. The van der Waals surface area contributed by atoms with E-state index in [4.69, 9.17) is 20.7 Å². The largest absolute Gasteiger partial charge is 0.467 e. The molecular weight excluding hydrogens is 636 g/mol. The van der Waals surface area contributed by atoms with Crippen LogP contribution in [0.3, 0.4) is 0 Å². The normalized spacial score (nSPS) is 16.8. The molecule has 4 N–H and O–H groups in total. The Bertz CT molecular complexity index is 1460. The average molecular weight is 691 g/mol. The third-order valence-electron chi connectivity index (χ3n) is 10.2. The van der Waals surface area contributed by atoms with Gasteiger partial charge in [-0.1, -0.05) is 90.5 Å². The summed E-state index contributed by atoms with van der Waals surface area (Å²) in [7, 11) is 2.67. The minimum Gasteiger partial charge on any atom is -0.467 e. The molecule has 0 saturated heterocycles. The van der Waals surface area contributed by atoms with Crippen LogP contribution in [0, 0.1) is 24.7 Å². The number of hydrogen-bond donors (Lipinski definition) is 3. The second-order valence-corrected chi connectivity index (χ2v) is 13.7. The Labute approximate surface area is 295 Å². The van der Waals surface area contributed by atoms with Gasteiger partial charge in [-0.3, -0.25) is 9.59 Å². The Kier molecular flexibility index (Phi) is 15.8. The van der Waals surface area contributed by atoms with Gasteiger partial charge in [0.2, 0.25) is 11.8 Å². The monoisotopic (exact) mass is 690 g/mol. The number of azide groups is 1. The number of nitrogens with zero attached hydrogens (tertiary/aromatic N) is 3. The number of nitrogens with one attached hydrogen (secondary N) is 2. The van der Waals surface area contributed by atoms with Crippen molar-refractivity contribution < 1.29 is 28.7 Å². The number of amides is 2. The SMILES string of the molecule is COC(=O)C(Cc1ccc(C)cc1)NC(=O)C1(CCN)CCCC1.COC(=O)C(Cc1ccc(C)cc1)NC(=O)C1(CCN=[N+]=[N-])CCCC1.